The van der Waals surface area contributed by atoms with Gasteiger partial charge in [-0.3, -0.25) is 4.90 Å². The van der Waals surface area contributed by atoms with Gasteiger partial charge in [-0.05, 0) is 38.5 Å². The van der Waals surface area contributed by atoms with Crippen molar-refractivity contribution in [2.24, 2.45) is 11.3 Å². The summed E-state index contributed by atoms with van der Waals surface area (Å²) in [5, 5.41) is 0. The molecule has 2 aliphatic rings. The van der Waals surface area contributed by atoms with Gasteiger partial charge in [0.1, 0.15) is 0 Å². The van der Waals surface area contributed by atoms with E-state index in [-0.39, 0.29) is 0 Å². The summed E-state index contributed by atoms with van der Waals surface area (Å²) in [6.07, 6.45) is 2.82. The van der Waals surface area contributed by atoms with Crippen LogP contribution in [-0.4, -0.2) is 23.0 Å². The SMILES string of the molecule is CCC1(C)CC1C1(C)CN1C(C)C. The minimum atomic E-state index is 0.568. The fraction of sp³-hybridized carbons (Fsp3) is 1.00. The molecule has 1 heteroatoms. The molecule has 1 saturated heterocycles. The second-order valence-electron chi connectivity index (χ2n) is 5.84. The van der Waals surface area contributed by atoms with E-state index in [1.807, 2.05) is 0 Å². The first-order valence-electron chi connectivity index (χ1n) is 5.71. The number of rotatable bonds is 3. The summed E-state index contributed by atoms with van der Waals surface area (Å²) in [6, 6.07) is 0.742. The molecule has 2 rings (SSSR count). The first kappa shape index (κ1) is 9.51. The number of nitrogens with zero attached hydrogens (tertiary/aromatic N) is 1. The molecule has 1 saturated carbocycles. The van der Waals surface area contributed by atoms with E-state index in [4.69, 9.17) is 0 Å². The second kappa shape index (κ2) is 2.50. The molecule has 0 aromatic heterocycles. The van der Waals surface area contributed by atoms with Crippen LogP contribution in [-0.2, 0) is 0 Å². The highest BCUT2D eigenvalue weighted by Crippen LogP contribution is 2.65. The van der Waals surface area contributed by atoms with Crippen molar-refractivity contribution >= 4 is 0 Å². The van der Waals surface area contributed by atoms with E-state index in [1.54, 1.807) is 0 Å². The Hall–Kier alpha value is -0.0400. The summed E-state index contributed by atoms with van der Waals surface area (Å²) in [5.41, 5.74) is 1.25. The monoisotopic (exact) mass is 181 g/mol. The standard InChI is InChI=1S/C12H23N/c1-6-11(4)7-10(11)12(5)8-13(12)9(2)3/h9-10H,6-8H2,1-5H3. The minimum absolute atomic E-state index is 0.568. The zero-order valence-electron chi connectivity index (χ0n) is 9.72. The van der Waals surface area contributed by atoms with Gasteiger partial charge in [0.05, 0.1) is 0 Å². The summed E-state index contributed by atoms with van der Waals surface area (Å²) >= 11 is 0. The maximum atomic E-state index is 2.65. The summed E-state index contributed by atoms with van der Waals surface area (Å²) in [4.78, 5) is 2.65. The smallest absolute Gasteiger partial charge is 0.0345 e. The molecule has 13 heavy (non-hydrogen) atoms. The van der Waals surface area contributed by atoms with Crippen molar-refractivity contribution in [1.82, 2.24) is 4.90 Å². The first-order chi connectivity index (χ1) is 5.94. The van der Waals surface area contributed by atoms with Crippen LogP contribution in [0.4, 0.5) is 0 Å². The molecule has 0 amide bonds. The van der Waals surface area contributed by atoms with Gasteiger partial charge < -0.3 is 0 Å². The van der Waals surface area contributed by atoms with Crippen LogP contribution >= 0.6 is 0 Å². The molecule has 2 fully saturated rings. The average molecular weight is 181 g/mol. The van der Waals surface area contributed by atoms with Crippen LogP contribution in [0, 0.1) is 11.3 Å². The van der Waals surface area contributed by atoms with Crippen LogP contribution in [0.2, 0.25) is 0 Å². The lowest BCUT2D eigenvalue weighted by Crippen LogP contribution is -2.24. The highest BCUT2D eigenvalue weighted by Gasteiger charge is 2.66. The normalized spacial score (nSPS) is 54.0. The third-order valence-corrected chi connectivity index (χ3v) is 4.58. The largest absolute Gasteiger partial charge is 0.292 e. The van der Waals surface area contributed by atoms with E-state index in [9.17, 15) is 0 Å². The van der Waals surface area contributed by atoms with Crippen molar-refractivity contribution in [2.75, 3.05) is 6.54 Å². The van der Waals surface area contributed by atoms with E-state index in [0.29, 0.717) is 11.0 Å². The Morgan fingerprint density at radius 2 is 2.00 bits per heavy atom. The lowest BCUT2D eigenvalue weighted by molar-refractivity contribution is 0.304. The van der Waals surface area contributed by atoms with Gasteiger partial charge in [0, 0.05) is 18.1 Å². The minimum Gasteiger partial charge on any atom is -0.292 e. The van der Waals surface area contributed by atoms with Crippen LogP contribution < -0.4 is 0 Å². The third-order valence-electron chi connectivity index (χ3n) is 4.58. The fourth-order valence-electron chi connectivity index (χ4n) is 3.16. The Morgan fingerprint density at radius 3 is 2.31 bits per heavy atom. The Balaban J connectivity index is 1.99. The molecule has 4 atom stereocenters. The lowest BCUT2D eigenvalue weighted by atomic mass is 9.95. The molecule has 1 aliphatic heterocycles. The summed E-state index contributed by atoms with van der Waals surface area (Å²) in [7, 11) is 0. The van der Waals surface area contributed by atoms with E-state index >= 15 is 0 Å². The van der Waals surface area contributed by atoms with Crippen molar-refractivity contribution in [1.29, 1.82) is 0 Å². The quantitative estimate of drug-likeness (QED) is 0.605. The van der Waals surface area contributed by atoms with Gasteiger partial charge in [0.15, 0.2) is 0 Å². The molecule has 4 unspecified atom stereocenters. The molecular weight excluding hydrogens is 158 g/mol. The Morgan fingerprint density at radius 1 is 1.38 bits per heavy atom. The fourth-order valence-corrected chi connectivity index (χ4v) is 3.16. The highest BCUT2D eigenvalue weighted by molar-refractivity contribution is 5.20. The van der Waals surface area contributed by atoms with Gasteiger partial charge in [-0.25, -0.2) is 0 Å². The Bertz CT molecular complexity index is 223. The molecule has 0 N–H and O–H groups in total. The van der Waals surface area contributed by atoms with Crippen molar-refractivity contribution in [2.45, 2.75) is 59.0 Å². The maximum Gasteiger partial charge on any atom is 0.0345 e. The van der Waals surface area contributed by atoms with Gasteiger partial charge in [-0.1, -0.05) is 20.3 Å². The van der Waals surface area contributed by atoms with Crippen LogP contribution in [0.25, 0.3) is 0 Å². The maximum absolute atomic E-state index is 2.65. The first-order valence-corrected chi connectivity index (χ1v) is 5.71. The van der Waals surface area contributed by atoms with E-state index in [2.05, 4.69) is 39.5 Å². The third kappa shape index (κ3) is 1.24. The molecule has 1 heterocycles. The van der Waals surface area contributed by atoms with Crippen molar-refractivity contribution in [3.8, 4) is 0 Å². The summed E-state index contributed by atoms with van der Waals surface area (Å²) < 4.78 is 0. The topological polar surface area (TPSA) is 3.01 Å². The van der Waals surface area contributed by atoms with E-state index < -0.39 is 0 Å². The van der Waals surface area contributed by atoms with Crippen LogP contribution in [0.5, 0.6) is 0 Å². The van der Waals surface area contributed by atoms with Crippen LogP contribution in [0.15, 0.2) is 0 Å². The predicted octanol–water partition coefficient (Wildman–Crippen LogP) is 2.91. The average Bonchev–Trinajstić information content (AvgIpc) is 2.89. The highest BCUT2D eigenvalue weighted by atomic mass is 15.4. The molecule has 1 aliphatic carbocycles. The zero-order chi connectivity index (χ0) is 9.85. The molecule has 0 spiro atoms. The van der Waals surface area contributed by atoms with Gasteiger partial charge >= 0.3 is 0 Å². The van der Waals surface area contributed by atoms with E-state index in [1.165, 1.54) is 19.4 Å². The number of hydrogen-bond donors (Lipinski definition) is 0. The molecule has 76 valence electrons. The van der Waals surface area contributed by atoms with Crippen LogP contribution in [0.3, 0.4) is 0 Å². The second-order valence-corrected chi connectivity index (χ2v) is 5.84. The summed E-state index contributed by atoms with van der Waals surface area (Å²) in [6.45, 7) is 13.2. The number of hydrogen-bond acceptors (Lipinski definition) is 1. The van der Waals surface area contributed by atoms with Gasteiger partial charge in [-0.15, -0.1) is 0 Å². The molecule has 0 bridgehead atoms. The predicted molar refractivity (Wildman–Crippen MR) is 56.8 cm³/mol. The molecule has 0 aromatic carbocycles. The zero-order valence-corrected chi connectivity index (χ0v) is 9.72. The van der Waals surface area contributed by atoms with Crippen molar-refractivity contribution < 1.29 is 0 Å². The molecular formula is C12H23N. The van der Waals surface area contributed by atoms with Gasteiger partial charge in [0.2, 0.25) is 0 Å². The Kier molecular flexibility index (Phi) is 1.83. The Labute approximate surface area is 82.5 Å². The lowest BCUT2D eigenvalue weighted by Gasteiger charge is -2.18. The summed E-state index contributed by atoms with van der Waals surface area (Å²) in [5.74, 6) is 0.979. The van der Waals surface area contributed by atoms with Gasteiger partial charge in [-0.2, -0.15) is 0 Å². The van der Waals surface area contributed by atoms with Crippen LogP contribution in [0.1, 0.15) is 47.5 Å². The van der Waals surface area contributed by atoms with E-state index in [0.717, 1.165) is 12.0 Å². The van der Waals surface area contributed by atoms with Crippen molar-refractivity contribution in [3.05, 3.63) is 0 Å². The molecule has 0 aromatic rings. The van der Waals surface area contributed by atoms with Gasteiger partial charge in [0.25, 0.3) is 0 Å². The molecule has 0 radical (unpaired) electrons. The molecule has 1 nitrogen and oxygen atoms in total. The van der Waals surface area contributed by atoms with Crippen molar-refractivity contribution in [3.63, 3.8) is 0 Å².